The van der Waals surface area contributed by atoms with E-state index in [-0.39, 0.29) is 18.6 Å². The predicted octanol–water partition coefficient (Wildman–Crippen LogP) is 9.66. The highest BCUT2D eigenvalue weighted by Gasteiger charge is 2.41. The zero-order chi connectivity index (χ0) is 57.5. The highest BCUT2D eigenvalue weighted by Crippen LogP contribution is 2.50. The van der Waals surface area contributed by atoms with Gasteiger partial charge >= 0.3 is 11.9 Å². The third-order valence-electron chi connectivity index (χ3n) is 13.1. The maximum Gasteiger partial charge on any atom is 0.325 e. The maximum atomic E-state index is 14.8. The molecule has 0 heterocycles. The quantitative estimate of drug-likeness (QED) is 0.0136. The Morgan fingerprint density at radius 3 is 1.36 bits per heavy atom. The van der Waals surface area contributed by atoms with Crippen molar-refractivity contribution < 1.29 is 43.3 Å². The van der Waals surface area contributed by atoms with Crippen molar-refractivity contribution in [3.05, 3.63) is 228 Å². The van der Waals surface area contributed by atoms with Crippen LogP contribution in [0, 0.1) is 5.92 Å². The molecular weight excluding hydrogens is 1040 g/mol. The molecule has 6 aromatic rings. The molecule has 420 valence electrons. The van der Waals surface area contributed by atoms with Crippen molar-refractivity contribution in [2.45, 2.75) is 99.6 Å². The van der Waals surface area contributed by atoms with Gasteiger partial charge in [-0.25, -0.2) is 0 Å². The van der Waals surface area contributed by atoms with Gasteiger partial charge < -0.3 is 35.8 Å². The summed E-state index contributed by atoms with van der Waals surface area (Å²) in [6, 6.07) is 56.5. The molecule has 0 aliphatic heterocycles. The molecule has 0 radical (unpaired) electrons. The molecule has 0 fully saturated rings. The number of carbonyl (C=O) groups excluding carboxylic acids is 6. The summed E-state index contributed by atoms with van der Waals surface area (Å²) >= 11 is 3.17. The first-order chi connectivity index (χ1) is 38.5. The molecular formula is C65H74N4O9S2. The highest BCUT2D eigenvalue weighted by molar-refractivity contribution is 8.00. The fourth-order valence-electron chi connectivity index (χ4n) is 9.30. The lowest BCUT2D eigenvalue weighted by Gasteiger charge is -2.37. The van der Waals surface area contributed by atoms with Crippen LogP contribution in [0.25, 0.3) is 0 Å². The Labute approximate surface area is 479 Å². The van der Waals surface area contributed by atoms with E-state index in [1.807, 2.05) is 152 Å². The second-order valence-corrected chi connectivity index (χ2v) is 23.1. The number of thioether (sulfide) groups is 2. The van der Waals surface area contributed by atoms with Crippen LogP contribution in [0.15, 0.2) is 194 Å². The van der Waals surface area contributed by atoms with Crippen molar-refractivity contribution in [2.75, 3.05) is 25.2 Å². The molecule has 4 atom stereocenters. The van der Waals surface area contributed by atoms with Gasteiger partial charge in [0, 0.05) is 12.2 Å². The normalized spacial score (nSPS) is 13.3. The van der Waals surface area contributed by atoms with Gasteiger partial charge in [0.2, 0.25) is 23.6 Å². The lowest BCUT2D eigenvalue weighted by molar-refractivity contribution is -0.155. The van der Waals surface area contributed by atoms with E-state index in [0.717, 1.165) is 33.4 Å². The van der Waals surface area contributed by atoms with Gasteiger partial charge in [0.15, 0.2) is 0 Å². The number of hydrogen-bond acceptors (Lipinski definition) is 11. The highest BCUT2D eigenvalue weighted by atomic mass is 32.2. The minimum atomic E-state index is -1.38. The van der Waals surface area contributed by atoms with Crippen LogP contribution in [0.4, 0.5) is 0 Å². The summed E-state index contributed by atoms with van der Waals surface area (Å²) in [5, 5.41) is 22.3. The van der Waals surface area contributed by atoms with Gasteiger partial charge in [-0.3, -0.25) is 28.8 Å². The molecule has 6 aromatic carbocycles. The second-order valence-electron chi connectivity index (χ2n) is 20.5. The van der Waals surface area contributed by atoms with Gasteiger partial charge in [-0.1, -0.05) is 208 Å². The van der Waals surface area contributed by atoms with Gasteiger partial charge in [0.25, 0.3) is 0 Å². The van der Waals surface area contributed by atoms with E-state index < -0.39 is 93.8 Å². The van der Waals surface area contributed by atoms with Crippen molar-refractivity contribution >= 4 is 59.1 Å². The van der Waals surface area contributed by atoms with E-state index in [1.165, 1.54) is 18.9 Å². The summed E-state index contributed by atoms with van der Waals surface area (Å²) in [5.41, 5.74) is 5.21. The predicted molar refractivity (Wildman–Crippen MR) is 318 cm³/mol. The van der Waals surface area contributed by atoms with Gasteiger partial charge in [0.05, 0.1) is 29.1 Å². The lowest BCUT2D eigenvalue weighted by Crippen LogP contribution is -2.59. The van der Waals surface area contributed by atoms with E-state index in [0.29, 0.717) is 12.2 Å². The Balaban J connectivity index is 1.25. The molecule has 15 heteroatoms. The molecule has 0 aromatic heterocycles. The van der Waals surface area contributed by atoms with Gasteiger partial charge in [-0.15, -0.1) is 23.5 Å². The fourth-order valence-corrected chi connectivity index (χ4v) is 12.3. The third kappa shape index (κ3) is 17.3. The summed E-state index contributed by atoms with van der Waals surface area (Å²) in [6.45, 7) is 8.19. The molecule has 0 unspecified atom stereocenters. The number of hydrogen-bond donors (Lipinski definition) is 5. The number of nitrogens with one attached hydrogen (secondary N) is 4. The number of allylic oxidation sites excluding steroid dienone is 1. The van der Waals surface area contributed by atoms with Crippen LogP contribution < -0.4 is 21.3 Å². The van der Waals surface area contributed by atoms with Crippen LogP contribution in [0.1, 0.15) is 93.7 Å². The van der Waals surface area contributed by atoms with Crippen molar-refractivity contribution in [3.63, 3.8) is 0 Å². The van der Waals surface area contributed by atoms with Gasteiger partial charge in [0.1, 0.15) is 30.3 Å². The van der Waals surface area contributed by atoms with E-state index in [9.17, 15) is 33.9 Å². The first-order valence-corrected chi connectivity index (χ1v) is 28.9. The number of carbonyl (C=O) groups is 6. The number of rotatable bonds is 28. The number of benzene rings is 6. The van der Waals surface area contributed by atoms with Crippen molar-refractivity contribution in [1.29, 1.82) is 0 Å². The summed E-state index contributed by atoms with van der Waals surface area (Å²) in [7, 11) is 1.20. The minimum absolute atomic E-state index is 0.0669. The van der Waals surface area contributed by atoms with Crippen LogP contribution in [0.2, 0.25) is 0 Å². The monoisotopic (exact) mass is 1120 g/mol. The standard InChI is InChI=1S/C65H74N4O9S2/c1-46(2)59(62(76)66-44-58(73)77-6)69-61(75)55(45-80-65(50-33-19-10-20-34-50,51-35-21-11-22-36-51)52-37-23-12-24-38-52)68-60(74)54(40-41-57(72)78-63(3,4)5)67-56(71)43-53(70)39-25-26-42-79-64(47-27-13-7-14-28-47,48-29-15-8-16-30-48)49-31-17-9-18-32-49/h7-25,27-39,46,53-55,59,70H,26,40-45H2,1-6H3,(H,66,76)(H,67,71)(H,68,74)(H,69,75)/t53-,54-,55-,59-/m1/s1. The molecule has 0 saturated carbocycles. The Morgan fingerprint density at radius 1 is 0.550 bits per heavy atom. The fraction of sp³-hybridized carbons (Fsp3) is 0.323. The minimum Gasteiger partial charge on any atom is -0.468 e. The first kappa shape index (κ1) is 61.7. The van der Waals surface area contributed by atoms with Crippen molar-refractivity contribution in [1.82, 2.24) is 21.3 Å². The Kier molecular flexibility index (Phi) is 23.3. The maximum absolute atomic E-state index is 14.8. The van der Waals surface area contributed by atoms with E-state index in [1.54, 1.807) is 52.5 Å². The molecule has 0 aliphatic rings. The summed E-state index contributed by atoms with van der Waals surface area (Å²) in [5.74, 6) is -3.99. The Bertz CT molecular complexity index is 2750. The Hall–Kier alpha value is -7.46. The van der Waals surface area contributed by atoms with E-state index in [2.05, 4.69) is 57.7 Å². The number of aliphatic hydroxyl groups is 1. The van der Waals surface area contributed by atoms with Crippen LogP contribution in [-0.4, -0.2) is 95.7 Å². The molecule has 80 heavy (non-hydrogen) atoms. The van der Waals surface area contributed by atoms with Crippen LogP contribution >= 0.6 is 23.5 Å². The molecule has 5 N–H and O–H groups in total. The zero-order valence-electron chi connectivity index (χ0n) is 46.3. The number of amides is 4. The van der Waals surface area contributed by atoms with E-state index in [4.69, 9.17) is 9.47 Å². The topological polar surface area (TPSA) is 189 Å². The molecule has 4 amide bonds. The van der Waals surface area contributed by atoms with Crippen LogP contribution in [0.5, 0.6) is 0 Å². The lowest BCUT2D eigenvalue weighted by atomic mass is 9.84. The van der Waals surface area contributed by atoms with Crippen LogP contribution in [0.3, 0.4) is 0 Å². The summed E-state index contributed by atoms with van der Waals surface area (Å²) in [6.07, 6.45) is 1.84. The van der Waals surface area contributed by atoms with Crippen LogP contribution in [-0.2, 0) is 47.7 Å². The molecule has 6 rings (SSSR count). The third-order valence-corrected chi connectivity index (χ3v) is 16.3. The largest absolute Gasteiger partial charge is 0.468 e. The molecule has 0 bridgehead atoms. The van der Waals surface area contributed by atoms with Crippen molar-refractivity contribution in [2.24, 2.45) is 5.92 Å². The van der Waals surface area contributed by atoms with E-state index >= 15 is 0 Å². The Morgan fingerprint density at radius 2 is 0.963 bits per heavy atom. The number of methoxy groups -OCH3 is 1. The summed E-state index contributed by atoms with van der Waals surface area (Å²) in [4.78, 5) is 82.4. The molecule has 0 saturated heterocycles. The smallest absolute Gasteiger partial charge is 0.325 e. The van der Waals surface area contributed by atoms with Gasteiger partial charge in [-0.2, -0.15) is 0 Å². The van der Waals surface area contributed by atoms with Gasteiger partial charge in [-0.05, 0) is 78.7 Å². The second kappa shape index (κ2) is 30.2. The number of ether oxygens (including phenoxy) is 2. The van der Waals surface area contributed by atoms with Crippen molar-refractivity contribution in [3.8, 4) is 0 Å². The SMILES string of the molecule is COC(=O)CNC(=O)[C@H](NC(=O)[C@@H](CSC(c1ccccc1)(c1ccccc1)c1ccccc1)NC(=O)[C@@H](CCC(=O)OC(C)(C)C)NC(=O)C[C@H](O)C=CCCSC(c1ccccc1)(c1ccccc1)c1ccccc1)C(C)C. The average Bonchev–Trinajstić information content (AvgIpc) is 3.49. The first-order valence-electron chi connectivity index (χ1n) is 26.9. The molecule has 0 spiro atoms. The number of aliphatic hydroxyl groups excluding tert-OH is 1. The molecule has 13 nitrogen and oxygen atoms in total. The summed E-state index contributed by atoms with van der Waals surface area (Å²) < 4.78 is 8.82. The average molecular weight is 1120 g/mol. The number of esters is 2. The molecule has 0 aliphatic carbocycles. The zero-order valence-corrected chi connectivity index (χ0v) is 48.0.